The van der Waals surface area contributed by atoms with Crippen molar-refractivity contribution in [1.82, 2.24) is 5.32 Å². The number of aliphatic hydroxyl groups is 2. The van der Waals surface area contributed by atoms with Crippen LogP contribution in [0.3, 0.4) is 0 Å². The van der Waals surface area contributed by atoms with Gasteiger partial charge in [0.25, 0.3) is 0 Å². The molecule has 6 nitrogen and oxygen atoms in total. The standard InChI is InChI=1S/C65H127NO5/c1-3-5-7-9-11-13-15-17-18-19-20-21-22-24-27-30-34-37-41-45-49-53-57-63(68)62(61-67)66-64(69)58-54-50-46-42-38-35-31-28-25-23-26-29-32-36-40-44-48-52-56-60-71-65(70)59-55-51-47-43-39-33-16-14-12-10-8-6-4-2/h14,16,62-63,67-68H,3-13,15,17-61H2,1-2H3,(H,66,69)/b16-14-. The second kappa shape index (κ2) is 61.1. The van der Waals surface area contributed by atoms with Crippen molar-refractivity contribution >= 4 is 11.9 Å². The summed E-state index contributed by atoms with van der Waals surface area (Å²) >= 11 is 0. The number of ether oxygens (including phenoxy) is 1. The van der Waals surface area contributed by atoms with Gasteiger partial charge in [-0.1, -0.05) is 315 Å². The highest BCUT2D eigenvalue weighted by Crippen LogP contribution is 2.19. The molecule has 0 rings (SSSR count). The van der Waals surface area contributed by atoms with Gasteiger partial charge in [-0.3, -0.25) is 9.59 Å². The van der Waals surface area contributed by atoms with Crippen LogP contribution in [0.5, 0.6) is 0 Å². The molecular weight excluding hydrogens is 875 g/mol. The molecule has 0 saturated carbocycles. The summed E-state index contributed by atoms with van der Waals surface area (Å²) in [5, 5.41) is 23.4. The molecule has 0 aromatic carbocycles. The molecule has 3 N–H and O–H groups in total. The molecular formula is C65H127NO5. The Balaban J connectivity index is 3.40. The van der Waals surface area contributed by atoms with E-state index in [2.05, 4.69) is 31.3 Å². The Kier molecular flexibility index (Phi) is 59.9. The van der Waals surface area contributed by atoms with Crippen LogP contribution in [0.2, 0.25) is 0 Å². The fraction of sp³-hybridized carbons (Fsp3) is 0.938. The third-order valence-corrected chi connectivity index (χ3v) is 15.3. The van der Waals surface area contributed by atoms with Gasteiger partial charge in [0.05, 0.1) is 25.4 Å². The van der Waals surface area contributed by atoms with Gasteiger partial charge < -0.3 is 20.3 Å². The van der Waals surface area contributed by atoms with Gasteiger partial charge in [0.2, 0.25) is 5.91 Å². The molecule has 0 aromatic rings. The van der Waals surface area contributed by atoms with Crippen LogP contribution in [-0.4, -0.2) is 47.4 Å². The number of carbonyl (C=O) groups is 2. The lowest BCUT2D eigenvalue weighted by molar-refractivity contribution is -0.143. The Labute approximate surface area is 444 Å². The highest BCUT2D eigenvalue weighted by molar-refractivity contribution is 5.76. The summed E-state index contributed by atoms with van der Waals surface area (Å²) in [6.07, 6.45) is 73.7. The number of nitrogens with one attached hydrogen (secondary N) is 1. The van der Waals surface area contributed by atoms with E-state index in [0.29, 0.717) is 25.9 Å². The third-order valence-electron chi connectivity index (χ3n) is 15.3. The van der Waals surface area contributed by atoms with Crippen molar-refractivity contribution in [3.8, 4) is 0 Å². The molecule has 0 spiro atoms. The summed E-state index contributed by atoms with van der Waals surface area (Å²) < 4.78 is 5.47. The van der Waals surface area contributed by atoms with E-state index in [4.69, 9.17) is 4.74 Å². The lowest BCUT2D eigenvalue weighted by Crippen LogP contribution is -2.45. The summed E-state index contributed by atoms with van der Waals surface area (Å²) in [5.74, 6) is -0.0327. The molecule has 0 saturated heterocycles. The molecule has 0 aromatic heterocycles. The number of aliphatic hydroxyl groups excluding tert-OH is 2. The maximum Gasteiger partial charge on any atom is 0.305 e. The lowest BCUT2D eigenvalue weighted by Gasteiger charge is -2.22. The highest BCUT2D eigenvalue weighted by Gasteiger charge is 2.20. The van der Waals surface area contributed by atoms with Crippen molar-refractivity contribution in [3.05, 3.63) is 12.2 Å². The molecule has 422 valence electrons. The first kappa shape index (κ1) is 69.6. The van der Waals surface area contributed by atoms with Crippen LogP contribution in [0.25, 0.3) is 0 Å². The predicted molar refractivity (Wildman–Crippen MR) is 310 cm³/mol. The Bertz CT molecular complexity index is 1060. The number of rotatable bonds is 61. The average molecular weight is 1000 g/mol. The summed E-state index contributed by atoms with van der Waals surface area (Å²) in [4.78, 5) is 24.6. The van der Waals surface area contributed by atoms with E-state index >= 15 is 0 Å². The molecule has 2 atom stereocenters. The Morgan fingerprint density at radius 1 is 0.380 bits per heavy atom. The molecule has 2 unspecified atom stereocenters. The number of allylic oxidation sites excluding steroid dienone is 2. The third kappa shape index (κ3) is 57.7. The fourth-order valence-electron chi connectivity index (χ4n) is 10.3. The second-order valence-corrected chi connectivity index (χ2v) is 22.5. The maximum atomic E-state index is 12.5. The van der Waals surface area contributed by atoms with Gasteiger partial charge in [-0.15, -0.1) is 0 Å². The Hall–Kier alpha value is -1.40. The SMILES string of the molecule is CCCCCC/C=C\CCCCCCCC(=O)OCCCCCCCCCCCCCCCCCCCCCC(=O)NC(CO)C(O)CCCCCCCCCCCCCCCCCCCCCCCC. The normalized spacial score (nSPS) is 12.6. The molecule has 0 heterocycles. The van der Waals surface area contributed by atoms with E-state index in [0.717, 1.165) is 44.9 Å². The topological polar surface area (TPSA) is 95.9 Å². The van der Waals surface area contributed by atoms with Gasteiger partial charge in [-0.05, 0) is 51.4 Å². The first-order chi connectivity index (χ1) is 35.0. The quantitative estimate of drug-likeness (QED) is 0.0320. The number of unbranched alkanes of at least 4 members (excludes halogenated alkanes) is 48. The first-order valence-corrected chi connectivity index (χ1v) is 32.4. The van der Waals surface area contributed by atoms with E-state index in [1.165, 1.54) is 289 Å². The molecule has 0 fully saturated rings. The van der Waals surface area contributed by atoms with Crippen molar-refractivity contribution in [1.29, 1.82) is 0 Å². The summed E-state index contributed by atoms with van der Waals surface area (Å²) in [5.41, 5.74) is 0. The van der Waals surface area contributed by atoms with E-state index in [9.17, 15) is 19.8 Å². The minimum Gasteiger partial charge on any atom is -0.466 e. The molecule has 0 radical (unpaired) electrons. The van der Waals surface area contributed by atoms with Crippen molar-refractivity contribution < 1.29 is 24.5 Å². The molecule has 0 bridgehead atoms. The smallest absolute Gasteiger partial charge is 0.305 e. The Morgan fingerprint density at radius 3 is 1.01 bits per heavy atom. The number of esters is 1. The van der Waals surface area contributed by atoms with Gasteiger partial charge in [0.15, 0.2) is 0 Å². The van der Waals surface area contributed by atoms with Crippen LogP contribution in [-0.2, 0) is 14.3 Å². The van der Waals surface area contributed by atoms with Crippen LogP contribution in [0.1, 0.15) is 367 Å². The van der Waals surface area contributed by atoms with Crippen molar-refractivity contribution in [2.24, 2.45) is 0 Å². The minimum absolute atomic E-state index is 0.000886. The van der Waals surface area contributed by atoms with Crippen molar-refractivity contribution in [2.45, 2.75) is 379 Å². The molecule has 1 amide bonds. The van der Waals surface area contributed by atoms with Gasteiger partial charge in [-0.2, -0.15) is 0 Å². The van der Waals surface area contributed by atoms with E-state index in [-0.39, 0.29) is 18.5 Å². The zero-order valence-electron chi connectivity index (χ0n) is 48.2. The zero-order chi connectivity index (χ0) is 51.4. The molecule has 0 aliphatic heterocycles. The van der Waals surface area contributed by atoms with Crippen LogP contribution in [0, 0.1) is 0 Å². The predicted octanol–water partition coefficient (Wildman–Crippen LogP) is 20.4. The van der Waals surface area contributed by atoms with Gasteiger partial charge in [-0.25, -0.2) is 0 Å². The van der Waals surface area contributed by atoms with Crippen LogP contribution < -0.4 is 5.32 Å². The largest absolute Gasteiger partial charge is 0.466 e. The lowest BCUT2D eigenvalue weighted by atomic mass is 10.0. The molecule has 71 heavy (non-hydrogen) atoms. The van der Waals surface area contributed by atoms with Crippen LogP contribution >= 0.6 is 0 Å². The van der Waals surface area contributed by atoms with Gasteiger partial charge in [0.1, 0.15) is 0 Å². The van der Waals surface area contributed by atoms with Crippen molar-refractivity contribution in [2.75, 3.05) is 13.2 Å². The number of hydrogen-bond acceptors (Lipinski definition) is 5. The minimum atomic E-state index is -0.667. The first-order valence-electron chi connectivity index (χ1n) is 32.4. The average Bonchev–Trinajstić information content (AvgIpc) is 3.37. The number of amides is 1. The summed E-state index contributed by atoms with van der Waals surface area (Å²) in [6.45, 7) is 4.96. The summed E-state index contributed by atoms with van der Waals surface area (Å²) in [7, 11) is 0. The number of carbonyl (C=O) groups excluding carboxylic acids is 2. The monoisotopic (exact) mass is 1000 g/mol. The number of hydrogen-bond donors (Lipinski definition) is 3. The molecule has 6 heteroatoms. The second-order valence-electron chi connectivity index (χ2n) is 22.5. The van der Waals surface area contributed by atoms with Gasteiger partial charge >= 0.3 is 5.97 Å². The maximum absolute atomic E-state index is 12.5. The van der Waals surface area contributed by atoms with Crippen LogP contribution in [0.4, 0.5) is 0 Å². The van der Waals surface area contributed by atoms with Gasteiger partial charge in [0, 0.05) is 12.8 Å². The van der Waals surface area contributed by atoms with E-state index in [1.54, 1.807) is 0 Å². The van der Waals surface area contributed by atoms with E-state index < -0.39 is 12.1 Å². The van der Waals surface area contributed by atoms with Crippen molar-refractivity contribution in [3.63, 3.8) is 0 Å². The molecule has 0 aliphatic rings. The Morgan fingerprint density at radius 2 is 0.662 bits per heavy atom. The van der Waals surface area contributed by atoms with Crippen LogP contribution in [0.15, 0.2) is 12.2 Å². The fourth-order valence-corrected chi connectivity index (χ4v) is 10.3. The molecule has 0 aliphatic carbocycles. The zero-order valence-corrected chi connectivity index (χ0v) is 48.2. The van der Waals surface area contributed by atoms with E-state index in [1.807, 2.05) is 0 Å². The highest BCUT2D eigenvalue weighted by atomic mass is 16.5. The summed E-state index contributed by atoms with van der Waals surface area (Å²) in [6, 6.07) is -0.544.